The smallest absolute Gasteiger partial charge is 0.0264 e. The second-order valence-corrected chi connectivity index (χ2v) is 5.83. The van der Waals surface area contributed by atoms with Gasteiger partial charge in [0, 0.05) is 0 Å². The average molecular weight is 164 g/mol. The van der Waals surface area contributed by atoms with Crippen LogP contribution in [0, 0.1) is 29.1 Å². The van der Waals surface area contributed by atoms with E-state index < -0.39 is 0 Å². The Labute approximate surface area is 75.7 Å². The molecular weight excluding hydrogens is 144 g/mol. The Balaban J connectivity index is 1.68. The summed E-state index contributed by atoms with van der Waals surface area (Å²) in [7, 11) is 0. The molecule has 0 heterocycles. The van der Waals surface area contributed by atoms with Gasteiger partial charge in [0.25, 0.3) is 0 Å². The highest BCUT2D eigenvalue weighted by Crippen LogP contribution is 2.67. The van der Waals surface area contributed by atoms with Crippen molar-refractivity contribution in [3.8, 4) is 0 Å². The van der Waals surface area contributed by atoms with Gasteiger partial charge in [-0.05, 0) is 61.2 Å². The van der Waals surface area contributed by atoms with Crippen LogP contribution in [-0.2, 0) is 0 Å². The van der Waals surface area contributed by atoms with Gasteiger partial charge < -0.3 is 0 Å². The molecule has 4 saturated carbocycles. The second-order valence-electron chi connectivity index (χ2n) is 5.83. The van der Waals surface area contributed by atoms with E-state index in [1.807, 2.05) is 0 Å². The standard InChI is InChI=1S/C12H20/c1-8-5-11(8)7-12-4-3-10(6-12)9(12)2/h8-11H,3-7H2,1-2H3. The Morgan fingerprint density at radius 2 is 2.08 bits per heavy atom. The van der Waals surface area contributed by atoms with Gasteiger partial charge in [0.05, 0.1) is 0 Å². The van der Waals surface area contributed by atoms with Crippen LogP contribution in [-0.4, -0.2) is 0 Å². The minimum atomic E-state index is 0.861. The summed E-state index contributed by atoms with van der Waals surface area (Å²) >= 11 is 0. The molecule has 5 atom stereocenters. The summed E-state index contributed by atoms with van der Waals surface area (Å²) in [5.74, 6) is 4.43. The molecule has 0 aromatic rings. The first-order valence-corrected chi connectivity index (χ1v) is 5.71. The first-order valence-electron chi connectivity index (χ1n) is 5.71. The molecule has 4 aliphatic carbocycles. The lowest BCUT2D eigenvalue weighted by molar-refractivity contribution is 0.0302. The van der Waals surface area contributed by atoms with Crippen LogP contribution < -0.4 is 0 Å². The SMILES string of the molecule is CC1CC1CC12CCC(C1)C2C. The molecule has 0 heteroatoms. The van der Waals surface area contributed by atoms with Crippen molar-refractivity contribution in [2.24, 2.45) is 29.1 Å². The lowest BCUT2D eigenvalue weighted by Gasteiger charge is -2.46. The lowest BCUT2D eigenvalue weighted by Crippen LogP contribution is -2.38. The van der Waals surface area contributed by atoms with Crippen molar-refractivity contribution in [1.29, 1.82) is 0 Å². The summed E-state index contributed by atoms with van der Waals surface area (Å²) < 4.78 is 0. The molecule has 0 aromatic heterocycles. The van der Waals surface area contributed by atoms with Gasteiger partial charge in [-0.1, -0.05) is 13.8 Å². The maximum Gasteiger partial charge on any atom is -0.0264 e. The Hall–Kier alpha value is 0. The fraction of sp³-hybridized carbons (Fsp3) is 1.00. The van der Waals surface area contributed by atoms with Crippen LogP contribution in [0.4, 0.5) is 0 Å². The molecule has 0 aliphatic heterocycles. The van der Waals surface area contributed by atoms with Crippen molar-refractivity contribution in [1.82, 2.24) is 0 Å². The minimum absolute atomic E-state index is 0.861. The molecule has 0 nitrogen and oxygen atoms in total. The molecule has 0 aromatic carbocycles. The van der Waals surface area contributed by atoms with E-state index in [2.05, 4.69) is 13.8 Å². The Morgan fingerprint density at radius 3 is 2.50 bits per heavy atom. The van der Waals surface area contributed by atoms with Crippen LogP contribution >= 0.6 is 0 Å². The van der Waals surface area contributed by atoms with E-state index in [0.29, 0.717) is 0 Å². The normalized spacial score (nSPS) is 61.5. The van der Waals surface area contributed by atoms with Crippen molar-refractivity contribution in [2.45, 2.75) is 46.0 Å². The van der Waals surface area contributed by atoms with E-state index >= 15 is 0 Å². The number of hydrogen-bond acceptors (Lipinski definition) is 0. The zero-order valence-electron chi connectivity index (χ0n) is 8.34. The summed E-state index contributed by atoms with van der Waals surface area (Å²) in [5.41, 5.74) is 0.861. The van der Waals surface area contributed by atoms with Gasteiger partial charge in [-0.2, -0.15) is 0 Å². The van der Waals surface area contributed by atoms with Crippen molar-refractivity contribution in [2.75, 3.05) is 0 Å². The zero-order chi connectivity index (χ0) is 8.34. The highest BCUT2D eigenvalue weighted by atomic mass is 14.6. The van der Waals surface area contributed by atoms with Gasteiger partial charge in [0.2, 0.25) is 0 Å². The Morgan fingerprint density at radius 1 is 1.33 bits per heavy atom. The van der Waals surface area contributed by atoms with E-state index in [0.717, 1.165) is 29.1 Å². The van der Waals surface area contributed by atoms with Crippen LogP contribution in [0.15, 0.2) is 0 Å². The van der Waals surface area contributed by atoms with Crippen molar-refractivity contribution in [3.05, 3.63) is 0 Å². The summed E-state index contributed by atoms with van der Waals surface area (Å²) in [6, 6.07) is 0. The molecule has 2 bridgehead atoms. The van der Waals surface area contributed by atoms with Gasteiger partial charge in [0.15, 0.2) is 0 Å². The molecule has 0 amide bonds. The van der Waals surface area contributed by atoms with Gasteiger partial charge in [-0.25, -0.2) is 0 Å². The first-order chi connectivity index (χ1) is 5.71. The first kappa shape index (κ1) is 7.41. The molecule has 0 radical (unpaired) electrons. The molecule has 4 rings (SSSR count). The maximum atomic E-state index is 2.51. The van der Waals surface area contributed by atoms with Crippen molar-refractivity contribution < 1.29 is 0 Å². The predicted molar refractivity (Wildman–Crippen MR) is 50.8 cm³/mol. The summed E-state index contributed by atoms with van der Waals surface area (Å²) in [5, 5.41) is 0. The van der Waals surface area contributed by atoms with Crippen LogP contribution in [0.25, 0.3) is 0 Å². The average Bonchev–Trinajstić information content (AvgIpc) is 2.51. The summed E-state index contributed by atoms with van der Waals surface area (Å²) in [4.78, 5) is 0. The van der Waals surface area contributed by atoms with Crippen LogP contribution in [0.1, 0.15) is 46.0 Å². The third-order valence-electron chi connectivity index (χ3n) is 5.30. The molecule has 0 spiro atoms. The highest BCUT2D eigenvalue weighted by molar-refractivity contribution is 5.08. The monoisotopic (exact) mass is 164 g/mol. The van der Waals surface area contributed by atoms with E-state index in [4.69, 9.17) is 0 Å². The van der Waals surface area contributed by atoms with Crippen molar-refractivity contribution >= 4 is 0 Å². The van der Waals surface area contributed by atoms with Gasteiger partial charge in [-0.3, -0.25) is 0 Å². The highest BCUT2D eigenvalue weighted by Gasteiger charge is 2.58. The molecule has 0 saturated heterocycles. The second kappa shape index (κ2) is 2.08. The minimum Gasteiger partial charge on any atom is -0.0622 e. The summed E-state index contributed by atoms with van der Waals surface area (Å²) in [6.07, 6.45) is 7.85. The van der Waals surface area contributed by atoms with Gasteiger partial charge in [0.1, 0.15) is 0 Å². The molecule has 0 N–H and O–H groups in total. The third-order valence-corrected chi connectivity index (χ3v) is 5.30. The van der Waals surface area contributed by atoms with E-state index in [1.54, 1.807) is 32.1 Å². The fourth-order valence-corrected chi connectivity index (χ4v) is 3.96. The van der Waals surface area contributed by atoms with E-state index in [9.17, 15) is 0 Å². The van der Waals surface area contributed by atoms with Crippen molar-refractivity contribution in [3.63, 3.8) is 0 Å². The molecule has 4 aliphatic rings. The van der Waals surface area contributed by atoms with E-state index in [1.165, 1.54) is 0 Å². The lowest BCUT2D eigenvalue weighted by atomic mass is 9.59. The zero-order valence-corrected chi connectivity index (χ0v) is 8.34. The third kappa shape index (κ3) is 0.791. The van der Waals surface area contributed by atoms with Crippen LogP contribution in [0.3, 0.4) is 0 Å². The fourth-order valence-electron chi connectivity index (χ4n) is 3.96. The predicted octanol–water partition coefficient (Wildman–Crippen LogP) is 3.47. The largest absolute Gasteiger partial charge is 0.0622 e. The number of hydrogen-bond donors (Lipinski definition) is 0. The molecule has 12 heavy (non-hydrogen) atoms. The van der Waals surface area contributed by atoms with Crippen LogP contribution in [0.2, 0.25) is 0 Å². The number of rotatable bonds is 2. The van der Waals surface area contributed by atoms with Crippen LogP contribution in [0.5, 0.6) is 0 Å². The molecular formula is C12H20. The number of fused-ring (bicyclic) bond motifs is 1. The summed E-state index contributed by atoms with van der Waals surface area (Å²) in [6.45, 7) is 4.94. The Bertz CT molecular complexity index is 204. The topological polar surface area (TPSA) is 0 Å². The molecule has 4 fully saturated rings. The van der Waals surface area contributed by atoms with E-state index in [-0.39, 0.29) is 0 Å². The molecule has 5 unspecified atom stereocenters. The molecule has 68 valence electrons. The Kier molecular flexibility index (Phi) is 1.28. The van der Waals surface area contributed by atoms with Gasteiger partial charge in [-0.15, -0.1) is 0 Å². The quantitative estimate of drug-likeness (QED) is 0.586. The maximum absolute atomic E-state index is 2.51. The van der Waals surface area contributed by atoms with Gasteiger partial charge >= 0.3 is 0 Å².